The largest absolute Gasteiger partial charge is 0.477 e. The molecule has 1 heterocycles. The molecular weight excluding hydrogens is 164 g/mol. The van der Waals surface area contributed by atoms with Crippen LogP contribution in [0.2, 0.25) is 0 Å². The Morgan fingerprint density at radius 1 is 1.62 bits per heavy atom. The van der Waals surface area contributed by atoms with Gasteiger partial charge in [-0.1, -0.05) is 6.92 Å². The van der Waals surface area contributed by atoms with Gasteiger partial charge in [-0.2, -0.15) is 5.26 Å². The Morgan fingerprint density at radius 3 is 3.00 bits per heavy atom. The summed E-state index contributed by atoms with van der Waals surface area (Å²) in [4.78, 5) is 4.00. The highest BCUT2D eigenvalue weighted by molar-refractivity contribution is 5.43. The average Bonchev–Trinajstić information content (AvgIpc) is 2.15. The summed E-state index contributed by atoms with van der Waals surface area (Å²) in [7, 11) is 0. The van der Waals surface area contributed by atoms with Crippen molar-refractivity contribution in [2.24, 2.45) is 0 Å². The third-order valence-corrected chi connectivity index (χ3v) is 1.68. The Morgan fingerprint density at radius 2 is 2.38 bits per heavy atom. The maximum atomic E-state index is 8.83. The number of pyridine rings is 1. The van der Waals surface area contributed by atoms with Crippen LogP contribution >= 0.6 is 0 Å². The van der Waals surface area contributed by atoms with Gasteiger partial charge in [0.2, 0.25) is 5.88 Å². The molecule has 1 aromatic heterocycles. The molecule has 0 N–H and O–H groups in total. The Balaban J connectivity index is 2.93. The molecule has 0 aliphatic heterocycles. The highest BCUT2D eigenvalue weighted by Gasteiger charge is 2.06. The van der Waals surface area contributed by atoms with E-state index < -0.39 is 0 Å². The van der Waals surface area contributed by atoms with Crippen LogP contribution in [0, 0.1) is 18.3 Å². The van der Waals surface area contributed by atoms with E-state index in [0.717, 1.165) is 12.0 Å². The van der Waals surface area contributed by atoms with Crippen molar-refractivity contribution in [1.29, 1.82) is 5.26 Å². The molecule has 0 fully saturated rings. The van der Waals surface area contributed by atoms with Crippen LogP contribution in [0.1, 0.15) is 24.5 Å². The first-order chi connectivity index (χ1) is 6.29. The molecule has 0 aromatic carbocycles. The van der Waals surface area contributed by atoms with E-state index >= 15 is 0 Å². The zero-order valence-electron chi connectivity index (χ0n) is 7.87. The first-order valence-electron chi connectivity index (χ1n) is 4.28. The van der Waals surface area contributed by atoms with Crippen molar-refractivity contribution in [3.05, 3.63) is 23.4 Å². The summed E-state index contributed by atoms with van der Waals surface area (Å²) in [6, 6.07) is 3.89. The lowest BCUT2D eigenvalue weighted by atomic mass is 10.2. The van der Waals surface area contributed by atoms with Crippen LogP contribution in [-0.2, 0) is 0 Å². The molecule has 0 saturated heterocycles. The Hall–Kier alpha value is -1.56. The van der Waals surface area contributed by atoms with Crippen LogP contribution < -0.4 is 4.74 Å². The highest BCUT2D eigenvalue weighted by atomic mass is 16.5. The van der Waals surface area contributed by atoms with E-state index in [2.05, 4.69) is 11.1 Å². The van der Waals surface area contributed by atoms with Gasteiger partial charge in [-0.15, -0.1) is 0 Å². The third kappa shape index (κ3) is 2.19. The van der Waals surface area contributed by atoms with Crippen LogP contribution in [0.5, 0.6) is 5.88 Å². The second kappa shape index (κ2) is 4.46. The fourth-order valence-electron chi connectivity index (χ4n) is 0.977. The van der Waals surface area contributed by atoms with Crippen LogP contribution in [0.25, 0.3) is 0 Å². The summed E-state index contributed by atoms with van der Waals surface area (Å²) in [5.41, 5.74) is 1.44. The van der Waals surface area contributed by atoms with E-state index in [4.69, 9.17) is 10.00 Å². The molecule has 0 radical (unpaired) electrons. The number of aromatic nitrogens is 1. The highest BCUT2D eigenvalue weighted by Crippen LogP contribution is 2.17. The second-order valence-corrected chi connectivity index (χ2v) is 2.77. The van der Waals surface area contributed by atoms with Gasteiger partial charge in [0.05, 0.1) is 6.61 Å². The summed E-state index contributed by atoms with van der Waals surface area (Å²) in [6.07, 6.45) is 2.57. The molecule has 3 nitrogen and oxygen atoms in total. The summed E-state index contributed by atoms with van der Waals surface area (Å²) in [5, 5.41) is 8.83. The standard InChI is InChI=1S/C10H12N2O/c1-3-6-13-10-9(7-11)8(2)4-5-12-10/h4-5H,3,6H2,1-2H3. The van der Waals surface area contributed by atoms with Crippen LogP contribution in [-0.4, -0.2) is 11.6 Å². The van der Waals surface area contributed by atoms with Crippen molar-refractivity contribution in [1.82, 2.24) is 4.98 Å². The minimum Gasteiger partial charge on any atom is -0.477 e. The Bertz CT molecular complexity index is 328. The van der Waals surface area contributed by atoms with Crippen LogP contribution in [0.4, 0.5) is 0 Å². The van der Waals surface area contributed by atoms with Crippen LogP contribution in [0.15, 0.2) is 12.3 Å². The average molecular weight is 176 g/mol. The number of hydrogen-bond donors (Lipinski definition) is 0. The monoisotopic (exact) mass is 176 g/mol. The van der Waals surface area contributed by atoms with Crippen molar-refractivity contribution in [2.75, 3.05) is 6.61 Å². The predicted octanol–water partition coefficient (Wildman–Crippen LogP) is 2.05. The normalized spacial score (nSPS) is 9.31. The molecule has 0 amide bonds. The lowest BCUT2D eigenvalue weighted by molar-refractivity contribution is 0.304. The first kappa shape index (κ1) is 9.53. The van der Waals surface area contributed by atoms with Gasteiger partial charge in [0, 0.05) is 6.20 Å². The van der Waals surface area contributed by atoms with Crippen molar-refractivity contribution in [2.45, 2.75) is 20.3 Å². The van der Waals surface area contributed by atoms with E-state index in [1.54, 1.807) is 12.3 Å². The van der Waals surface area contributed by atoms with Gasteiger partial charge in [-0.05, 0) is 25.0 Å². The topological polar surface area (TPSA) is 45.9 Å². The number of rotatable bonds is 3. The molecule has 3 heteroatoms. The van der Waals surface area contributed by atoms with Crippen molar-refractivity contribution < 1.29 is 4.74 Å². The first-order valence-corrected chi connectivity index (χ1v) is 4.28. The van der Waals surface area contributed by atoms with Gasteiger partial charge in [-0.3, -0.25) is 0 Å². The number of aryl methyl sites for hydroxylation is 1. The summed E-state index contributed by atoms with van der Waals surface area (Å²) in [5.74, 6) is 0.448. The van der Waals surface area contributed by atoms with E-state index in [-0.39, 0.29) is 0 Å². The maximum absolute atomic E-state index is 8.83. The zero-order valence-corrected chi connectivity index (χ0v) is 7.87. The van der Waals surface area contributed by atoms with Crippen molar-refractivity contribution in [3.8, 4) is 11.9 Å². The summed E-state index contributed by atoms with van der Waals surface area (Å²) >= 11 is 0. The Kier molecular flexibility index (Phi) is 3.27. The smallest absolute Gasteiger partial charge is 0.231 e. The minimum absolute atomic E-state index is 0.448. The molecule has 1 aromatic rings. The lowest BCUT2D eigenvalue weighted by Gasteiger charge is -2.05. The Labute approximate surface area is 78.0 Å². The van der Waals surface area contributed by atoms with Gasteiger partial charge in [0.25, 0.3) is 0 Å². The molecule has 0 aliphatic rings. The summed E-state index contributed by atoms with van der Waals surface area (Å²) in [6.45, 7) is 4.49. The molecule has 13 heavy (non-hydrogen) atoms. The van der Waals surface area contributed by atoms with Gasteiger partial charge >= 0.3 is 0 Å². The number of hydrogen-bond acceptors (Lipinski definition) is 3. The SMILES string of the molecule is CCCOc1nccc(C)c1C#N. The number of nitriles is 1. The fourth-order valence-corrected chi connectivity index (χ4v) is 0.977. The predicted molar refractivity (Wildman–Crippen MR) is 49.5 cm³/mol. The molecular formula is C10H12N2O. The molecule has 0 saturated carbocycles. The quantitative estimate of drug-likeness (QED) is 0.708. The van der Waals surface area contributed by atoms with E-state index in [1.165, 1.54) is 0 Å². The van der Waals surface area contributed by atoms with Gasteiger partial charge in [0.1, 0.15) is 11.6 Å². The van der Waals surface area contributed by atoms with Gasteiger partial charge < -0.3 is 4.74 Å². The maximum Gasteiger partial charge on any atom is 0.231 e. The number of ether oxygens (including phenoxy) is 1. The van der Waals surface area contributed by atoms with Crippen molar-refractivity contribution in [3.63, 3.8) is 0 Å². The van der Waals surface area contributed by atoms with Crippen LogP contribution in [0.3, 0.4) is 0 Å². The molecule has 0 aliphatic carbocycles. The molecule has 1 rings (SSSR count). The van der Waals surface area contributed by atoms with Gasteiger partial charge in [0.15, 0.2) is 0 Å². The van der Waals surface area contributed by atoms with E-state index in [0.29, 0.717) is 18.1 Å². The molecule has 0 bridgehead atoms. The van der Waals surface area contributed by atoms with Crippen molar-refractivity contribution >= 4 is 0 Å². The summed E-state index contributed by atoms with van der Waals surface area (Å²) < 4.78 is 5.32. The second-order valence-electron chi connectivity index (χ2n) is 2.77. The fraction of sp³-hybridized carbons (Fsp3) is 0.400. The third-order valence-electron chi connectivity index (χ3n) is 1.68. The van der Waals surface area contributed by atoms with E-state index in [9.17, 15) is 0 Å². The minimum atomic E-state index is 0.448. The number of nitrogens with zero attached hydrogens (tertiary/aromatic N) is 2. The molecule has 0 spiro atoms. The van der Waals surface area contributed by atoms with E-state index in [1.807, 2.05) is 13.8 Å². The molecule has 68 valence electrons. The molecule has 0 atom stereocenters. The van der Waals surface area contributed by atoms with Gasteiger partial charge in [-0.25, -0.2) is 4.98 Å². The zero-order chi connectivity index (χ0) is 9.68. The molecule has 0 unspecified atom stereocenters. The lowest BCUT2D eigenvalue weighted by Crippen LogP contribution is -2.00.